The van der Waals surface area contributed by atoms with Crippen LogP contribution in [0.3, 0.4) is 0 Å². The van der Waals surface area contributed by atoms with Gasteiger partial charge in [-0.3, -0.25) is 0 Å². The van der Waals surface area contributed by atoms with E-state index < -0.39 is 0 Å². The maximum atomic E-state index is 9.35. The van der Waals surface area contributed by atoms with Crippen LogP contribution in [0.2, 0.25) is 0 Å². The molecule has 16 heavy (non-hydrogen) atoms. The lowest BCUT2D eigenvalue weighted by Gasteiger charge is -2.02. The molecule has 0 aliphatic rings. The zero-order valence-corrected chi connectivity index (χ0v) is 9.05. The van der Waals surface area contributed by atoms with Crippen molar-refractivity contribution in [3.05, 3.63) is 36.2 Å². The van der Waals surface area contributed by atoms with E-state index in [1.165, 1.54) is 0 Å². The summed E-state index contributed by atoms with van der Waals surface area (Å²) < 4.78 is 5.58. The zero-order valence-electron chi connectivity index (χ0n) is 9.05. The summed E-state index contributed by atoms with van der Waals surface area (Å²) in [6.45, 7) is 2.50. The van der Waals surface area contributed by atoms with Crippen LogP contribution in [0.5, 0.6) is 5.75 Å². The fourth-order valence-corrected chi connectivity index (χ4v) is 1.40. The second kappa shape index (κ2) is 4.37. The van der Waals surface area contributed by atoms with Gasteiger partial charge < -0.3 is 15.3 Å². The van der Waals surface area contributed by atoms with Crippen LogP contribution in [0, 0.1) is 0 Å². The number of oxazole rings is 1. The molecule has 1 aromatic heterocycles. The van der Waals surface area contributed by atoms with E-state index in [9.17, 15) is 5.11 Å². The molecule has 84 valence electrons. The molecule has 0 fully saturated rings. The van der Waals surface area contributed by atoms with Gasteiger partial charge in [0.1, 0.15) is 11.5 Å². The van der Waals surface area contributed by atoms with E-state index in [0.29, 0.717) is 12.4 Å². The summed E-state index contributed by atoms with van der Waals surface area (Å²) in [6.07, 6.45) is 1.68. The van der Waals surface area contributed by atoms with Crippen molar-refractivity contribution >= 4 is 0 Å². The maximum absolute atomic E-state index is 9.35. The van der Waals surface area contributed by atoms with Gasteiger partial charge in [-0.1, -0.05) is 13.0 Å². The summed E-state index contributed by atoms with van der Waals surface area (Å²) in [6, 6.07) is 6.81. The first kappa shape index (κ1) is 10.7. The van der Waals surface area contributed by atoms with Gasteiger partial charge in [0.25, 0.3) is 0 Å². The van der Waals surface area contributed by atoms with Crippen LogP contribution in [-0.2, 0) is 0 Å². The van der Waals surface area contributed by atoms with Crippen molar-refractivity contribution in [2.24, 2.45) is 5.73 Å². The van der Waals surface area contributed by atoms with E-state index >= 15 is 0 Å². The first-order valence-corrected chi connectivity index (χ1v) is 5.16. The highest BCUT2D eigenvalue weighted by atomic mass is 16.4. The molecule has 3 N–H and O–H groups in total. The Morgan fingerprint density at radius 1 is 1.50 bits per heavy atom. The van der Waals surface area contributed by atoms with E-state index in [4.69, 9.17) is 10.2 Å². The minimum atomic E-state index is 0.151. The lowest BCUT2D eigenvalue weighted by atomic mass is 10.1. The predicted octanol–water partition coefficient (Wildman–Crippen LogP) is 2.11. The molecule has 0 aliphatic carbocycles. The van der Waals surface area contributed by atoms with Gasteiger partial charge in [0, 0.05) is 18.0 Å². The van der Waals surface area contributed by atoms with Gasteiger partial charge in [-0.2, -0.15) is 0 Å². The predicted molar refractivity (Wildman–Crippen MR) is 61.1 cm³/mol. The van der Waals surface area contributed by atoms with E-state index in [0.717, 1.165) is 11.3 Å². The van der Waals surface area contributed by atoms with Gasteiger partial charge in [-0.15, -0.1) is 0 Å². The van der Waals surface area contributed by atoms with E-state index in [1.807, 2.05) is 13.0 Å². The molecule has 1 heterocycles. The van der Waals surface area contributed by atoms with Crippen LogP contribution in [0.1, 0.15) is 18.6 Å². The molecule has 0 spiro atoms. The van der Waals surface area contributed by atoms with Crippen LogP contribution in [0.4, 0.5) is 0 Å². The van der Waals surface area contributed by atoms with Crippen LogP contribution in [0.25, 0.3) is 11.5 Å². The third kappa shape index (κ3) is 2.06. The SMILES string of the molecule is CC(CN)c1cnc(-c2cccc(O)c2)o1. The molecule has 4 heteroatoms. The van der Waals surface area contributed by atoms with Gasteiger partial charge in [0.2, 0.25) is 5.89 Å². The monoisotopic (exact) mass is 218 g/mol. The van der Waals surface area contributed by atoms with Gasteiger partial charge in [-0.25, -0.2) is 4.98 Å². The molecule has 0 aliphatic heterocycles. The Hall–Kier alpha value is -1.81. The van der Waals surface area contributed by atoms with Crippen molar-refractivity contribution in [1.29, 1.82) is 0 Å². The van der Waals surface area contributed by atoms with E-state index in [1.54, 1.807) is 24.4 Å². The fraction of sp³-hybridized carbons (Fsp3) is 0.250. The van der Waals surface area contributed by atoms with Crippen LogP contribution < -0.4 is 5.73 Å². The molecule has 1 atom stereocenters. The molecule has 0 bridgehead atoms. The summed E-state index contributed by atoms with van der Waals surface area (Å²) in [5.74, 6) is 1.62. The first-order valence-electron chi connectivity index (χ1n) is 5.16. The highest BCUT2D eigenvalue weighted by Crippen LogP contribution is 2.25. The van der Waals surface area contributed by atoms with Gasteiger partial charge >= 0.3 is 0 Å². The van der Waals surface area contributed by atoms with Gasteiger partial charge in [0.15, 0.2) is 0 Å². The molecule has 2 aromatic rings. The fourth-order valence-electron chi connectivity index (χ4n) is 1.40. The van der Waals surface area contributed by atoms with Gasteiger partial charge in [0.05, 0.1) is 6.20 Å². The second-order valence-electron chi connectivity index (χ2n) is 3.75. The smallest absolute Gasteiger partial charge is 0.226 e. The van der Waals surface area contributed by atoms with Crippen molar-refractivity contribution < 1.29 is 9.52 Å². The molecule has 0 radical (unpaired) electrons. The Bertz CT molecular complexity index is 479. The first-order chi connectivity index (χ1) is 7.70. The lowest BCUT2D eigenvalue weighted by Crippen LogP contribution is -2.07. The number of aromatic hydroxyl groups is 1. The highest BCUT2D eigenvalue weighted by Gasteiger charge is 2.11. The van der Waals surface area contributed by atoms with Gasteiger partial charge in [-0.05, 0) is 18.2 Å². The quantitative estimate of drug-likeness (QED) is 0.827. The lowest BCUT2D eigenvalue weighted by molar-refractivity contribution is 0.472. The number of nitrogens with zero attached hydrogens (tertiary/aromatic N) is 1. The second-order valence-corrected chi connectivity index (χ2v) is 3.75. The number of aromatic nitrogens is 1. The molecular formula is C12H14N2O2. The Morgan fingerprint density at radius 2 is 2.31 bits per heavy atom. The van der Waals surface area contributed by atoms with Crippen LogP contribution in [-0.4, -0.2) is 16.6 Å². The standard InChI is InChI=1S/C12H14N2O2/c1-8(6-13)11-7-14-12(16-11)9-3-2-4-10(15)5-9/h2-5,7-8,15H,6,13H2,1H3. The number of phenolic OH excluding ortho intramolecular Hbond substituents is 1. The number of benzene rings is 1. The molecule has 4 nitrogen and oxygen atoms in total. The minimum absolute atomic E-state index is 0.151. The zero-order chi connectivity index (χ0) is 11.5. The molecule has 2 rings (SSSR count). The molecular weight excluding hydrogens is 204 g/mol. The van der Waals surface area contributed by atoms with Crippen LogP contribution >= 0.6 is 0 Å². The number of nitrogens with two attached hydrogens (primary N) is 1. The molecule has 0 saturated heterocycles. The summed E-state index contributed by atoms with van der Waals surface area (Å²) in [7, 11) is 0. The largest absolute Gasteiger partial charge is 0.508 e. The number of rotatable bonds is 3. The summed E-state index contributed by atoms with van der Waals surface area (Å²) in [5, 5.41) is 9.35. The number of hydrogen-bond donors (Lipinski definition) is 2. The topological polar surface area (TPSA) is 72.3 Å². The summed E-state index contributed by atoms with van der Waals surface area (Å²) in [4.78, 5) is 4.16. The Labute approximate surface area is 93.7 Å². The molecule has 0 amide bonds. The Balaban J connectivity index is 2.31. The van der Waals surface area contributed by atoms with Crippen molar-refractivity contribution in [3.63, 3.8) is 0 Å². The Morgan fingerprint density at radius 3 is 3.00 bits per heavy atom. The Kier molecular flexibility index (Phi) is 2.92. The summed E-state index contributed by atoms with van der Waals surface area (Å²) in [5.41, 5.74) is 6.31. The van der Waals surface area contributed by atoms with E-state index in [2.05, 4.69) is 4.98 Å². The van der Waals surface area contributed by atoms with Crippen LogP contribution in [0.15, 0.2) is 34.9 Å². The maximum Gasteiger partial charge on any atom is 0.226 e. The summed E-state index contributed by atoms with van der Waals surface area (Å²) >= 11 is 0. The van der Waals surface area contributed by atoms with Crippen molar-refractivity contribution in [2.45, 2.75) is 12.8 Å². The van der Waals surface area contributed by atoms with Crippen molar-refractivity contribution in [1.82, 2.24) is 4.98 Å². The molecule has 1 aromatic carbocycles. The average Bonchev–Trinajstić information content (AvgIpc) is 2.77. The van der Waals surface area contributed by atoms with E-state index in [-0.39, 0.29) is 11.7 Å². The number of hydrogen-bond acceptors (Lipinski definition) is 4. The number of phenols is 1. The normalized spacial score (nSPS) is 12.6. The molecule has 0 saturated carbocycles. The third-order valence-electron chi connectivity index (χ3n) is 2.46. The highest BCUT2D eigenvalue weighted by molar-refractivity contribution is 5.55. The molecule has 1 unspecified atom stereocenters. The average molecular weight is 218 g/mol. The minimum Gasteiger partial charge on any atom is -0.508 e. The van der Waals surface area contributed by atoms with Crippen molar-refractivity contribution in [2.75, 3.05) is 6.54 Å². The van der Waals surface area contributed by atoms with Crippen molar-refractivity contribution in [3.8, 4) is 17.2 Å². The third-order valence-corrected chi connectivity index (χ3v) is 2.46.